The van der Waals surface area contributed by atoms with Crippen LogP contribution < -0.4 is 4.57 Å². The van der Waals surface area contributed by atoms with Crippen LogP contribution in [-0.2, 0) is 0 Å². The van der Waals surface area contributed by atoms with E-state index in [0.29, 0.717) is 10.9 Å². The quantitative estimate of drug-likeness (QED) is 0.412. The second kappa shape index (κ2) is 4.92. The van der Waals surface area contributed by atoms with E-state index < -0.39 is 0 Å². The van der Waals surface area contributed by atoms with Gasteiger partial charge in [0.1, 0.15) is 0 Å². The maximum Gasteiger partial charge on any atom is 0.170 e. The van der Waals surface area contributed by atoms with Crippen LogP contribution in [0.25, 0.3) is 0 Å². The van der Waals surface area contributed by atoms with Gasteiger partial charge in [0.25, 0.3) is 0 Å². The molecule has 1 heterocycles. The molecule has 2 rings (SSSR count). The zero-order valence-electron chi connectivity index (χ0n) is 8.40. The summed E-state index contributed by atoms with van der Waals surface area (Å²) in [5.41, 5.74) is 0. The predicted molar refractivity (Wildman–Crippen MR) is 61.5 cm³/mol. The van der Waals surface area contributed by atoms with Gasteiger partial charge in [-0.25, -0.2) is 4.57 Å². The summed E-state index contributed by atoms with van der Waals surface area (Å²) in [6.45, 7) is 0. The SMILES string of the molecule is Br[C@H]1CCCCCC1[n+]1ccccc1. The summed E-state index contributed by atoms with van der Waals surface area (Å²) >= 11 is 3.82. The van der Waals surface area contributed by atoms with Crippen LogP contribution in [0.5, 0.6) is 0 Å². The minimum atomic E-state index is 0.650. The number of alkyl halides is 1. The lowest BCUT2D eigenvalue weighted by molar-refractivity contribution is -0.722. The van der Waals surface area contributed by atoms with Crippen LogP contribution in [0.15, 0.2) is 30.6 Å². The summed E-state index contributed by atoms with van der Waals surface area (Å²) in [4.78, 5) is 0.650. The van der Waals surface area contributed by atoms with Gasteiger partial charge in [-0.1, -0.05) is 34.8 Å². The molecule has 1 unspecified atom stereocenters. The number of nitrogens with zero attached hydrogens (tertiary/aromatic N) is 1. The normalized spacial score (nSPS) is 28.4. The van der Waals surface area contributed by atoms with Crippen molar-refractivity contribution in [3.63, 3.8) is 0 Å². The number of hydrogen-bond acceptors (Lipinski definition) is 0. The Morgan fingerprint density at radius 2 is 1.64 bits per heavy atom. The molecular formula is C12H17BrN+. The molecule has 1 aliphatic rings. The van der Waals surface area contributed by atoms with Crippen molar-refractivity contribution in [3.05, 3.63) is 30.6 Å². The van der Waals surface area contributed by atoms with Crippen LogP contribution in [-0.4, -0.2) is 4.83 Å². The highest BCUT2D eigenvalue weighted by molar-refractivity contribution is 9.09. The molecule has 0 amide bonds. The number of rotatable bonds is 1. The van der Waals surface area contributed by atoms with Crippen LogP contribution >= 0.6 is 15.9 Å². The topological polar surface area (TPSA) is 3.88 Å². The fourth-order valence-corrected chi connectivity index (χ4v) is 3.07. The molecule has 0 spiro atoms. The Morgan fingerprint density at radius 1 is 0.929 bits per heavy atom. The van der Waals surface area contributed by atoms with E-state index in [9.17, 15) is 0 Å². The third kappa shape index (κ3) is 2.35. The number of aromatic nitrogens is 1. The number of halogens is 1. The second-order valence-electron chi connectivity index (χ2n) is 4.04. The third-order valence-electron chi connectivity index (χ3n) is 3.02. The van der Waals surface area contributed by atoms with Gasteiger partial charge in [-0.3, -0.25) is 0 Å². The van der Waals surface area contributed by atoms with Crippen molar-refractivity contribution in [2.24, 2.45) is 0 Å². The Kier molecular flexibility index (Phi) is 3.57. The molecule has 1 fully saturated rings. The Morgan fingerprint density at radius 3 is 2.43 bits per heavy atom. The van der Waals surface area contributed by atoms with Crippen molar-refractivity contribution in [1.82, 2.24) is 0 Å². The summed E-state index contributed by atoms with van der Waals surface area (Å²) in [6.07, 6.45) is 11.1. The van der Waals surface area contributed by atoms with Gasteiger partial charge in [0.2, 0.25) is 0 Å². The molecule has 0 radical (unpaired) electrons. The third-order valence-corrected chi connectivity index (χ3v) is 4.09. The first-order valence-corrected chi connectivity index (χ1v) is 6.39. The molecule has 1 nitrogen and oxygen atoms in total. The molecule has 1 aliphatic carbocycles. The van der Waals surface area contributed by atoms with Gasteiger partial charge >= 0.3 is 0 Å². The molecule has 14 heavy (non-hydrogen) atoms. The Hall–Kier alpha value is -0.370. The Balaban J connectivity index is 2.15. The average Bonchev–Trinajstić information content (AvgIpc) is 2.44. The van der Waals surface area contributed by atoms with Crippen LogP contribution in [0.4, 0.5) is 0 Å². The van der Waals surface area contributed by atoms with Crippen molar-refractivity contribution in [2.75, 3.05) is 0 Å². The minimum Gasteiger partial charge on any atom is -0.201 e. The monoisotopic (exact) mass is 254 g/mol. The lowest BCUT2D eigenvalue weighted by Gasteiger charge is -2.14. The standard InChI is InChI=1S/C12H17BrN/c13-11-7-3-1-4-8-12(11)14-9-5-2-6-10-14/h2,5-6,9-12H,1,3-4,7-8H2/q+1/t11-,12?/m0/s1. The summed E-state index contributed by atoms with van der Waals surface area (Å²) in [5, 5.41) is 0. The van der Waals surface area contributed by atoms with E-state index >= 15 is 0 Å². The zero-order valence-corrected chi connectivity index (χ0v) is 9.99. The molecule has 2 heteroatoms. The second-order valence-corrected chi connectivity index (χ2v) is 5.22. The first kappa shape index (κ1) is 10.2. The van der Waals surface area contributed by atoms with Gasteiger partial charge in [0, 0.05) is 18.6 Å². The van der Waals surface area contributed by atoms with E-state index in [2.05, 4.69) is 51.1 Å². The summed E-state index contributed by atoms with van der Waals surface area (Å²) in [5.74, 6) is 0. The van der Waals surface area contributed by atoms with Gasteiger partial charge in [-0.05, 0) is 12.8 Å². The van der Waals surface area contributed by atoms with Gasteiger partial charge in [-0.2, -0.15) is 0 Å². The molecule has 0 bridgehead atoms. The van der Waals surface area contributed by atoms with Crippen molar-refractivity contribution in [1.29, 1.82) is 0 Å². The fourth-order valence-electron chi connectivity index (χ4n) is 2.21. The molecular weight excluding hydrogens is 238 g/mol. The van der Waals surface area contributed by atoms with Crippen LogP contribution in [0, 0.1) is 0 Å². The van der Waals surface area contributed by atoms with Gasteiger partial charge < -0.3 is 0 Å². The van der Waals surface area contributed by atoms with E-state index in [1.165, 1.54) is 32.1 Å². The lowest BCUT2D eigenvalue weighted by atomic mass is 10.1. The fraction of sp³-hybridized carbons (Fsp3) is 0.583. The van der Waals surface area contributed by atoms with E-state index in [0.717, 1.165) is 0 Å². The highest BCUT2D eigenvalue weighted by Crippen LogP contribution is 2.28. The number of pyridine rings is 1. The summed E-state index contributed by atoms with van der Waals surface area (Å²) < 4.78 is 2.35. The van der Waals surface area contributed by atoms with E-state index in [1.807, 2.05) is 0 Å². The minimum absolute atomic E-state index is 0.650. The Labute approximate surface area is 94.3 Å². The molecule has 1 aromatic rings. The molecule has 0 saturated heterocycles. The smallest absolute Gasteiger partial charge is 0.170 e. The molecule has 1 saturated carbocycles. The van der Waals surface area contributed by atoms with E-state index in [4.69, 9.17) is 0 Å². The van der Waals surface area contributed by atoms with Crippen LogP contribution in [0.3, 0.4) is 0 Å². The zero-order chi connectivity index (χ0) is 9.80. The predicted octanol–water partition coefficient (Wildman–Crippen LogP) is 3.24. The largest absolute Gasteiger partial charge is 0.201 e. The number of hydrogen-bond donors (Lipinski definition) is 0. The van der Waals surface area contributed by atoms with Crippen molar-refractivity contribution >= 4 is 15.9 Å². The van der Waals surface area contributed by atoms with Crippen molar-refractivity contribution < 1.29 is 4.57 Å². The molecule has 0 N–H and O–H groups in total. The first-order valence-electron chi connectivity index (χ1n) is 5.48. The molecule has 1 aromatic heterocycles. The van der Waals surface area contributed by atoms with E-state index in [1.54, 1.807) is 0 Å². The van der Waals surface area contributed by atoms with Crippen molar-refractivity contribution in [3.8, 4) is 0 Å². The average molecular weight is 255 g/mol. The highest BCUT2D eigenvalue weighted by Gasteiger charge is 2.28. The molecule has 76 valence electrons. The van der Waals surface area contributed by atoms with Gasteiger partial charge in [0.05, 0.1) is 4.83 Å². The lowest BCUT2D eigenvalue weighted by Crippen LogP contribution is -2.42. The van der Waals surface area contributed by atoms with E-state index in [-0.39, 0.29) is 0 Å². The molecule has 0 aliphatic heterocycles. The first-order chi connectivity index (χ1) is 6.88. The summed E-state index contributed by atoms with van der Waals surface area (Å²) in [7, 11) is 0. The molecule has 0 aromatic carbocycles. The maximum atomic E-state index is 3.82. The van der Waals surface area contributed by atoms with Crippen molar-refractivity contribution in [2.45, 2.75) is 43.0 Å². The van der Waals surface area contributed by atoms with Gasteiger partial charge in [0.15, 0.2) is 18.4 Å². The molecule has 2 atom stereocenters. The van der Waals surface area contributed by atoms with Crippen LogP contribution in [0.1, 0.15) is 38.1 Å². The highest BCUT2D eigenvalue weighted by atomic mass is 79.9. The summed E-state index contributed by atoms with van der Waals surface area (Å²) in [6, 6.07) is 6.96. The van der Waals surface area contributed by atoms with Crippen LogP contribution in [0.2, 0.25) is 0 Å². The maximum absolute atomic E-state index is 3.82. The Bertz CT molecular complexity index is 273. The van der Waals surface area contributed by atoms with Gasteiger partial charge in [-0.15, -0.1) is 0 Å².